The predicted octanol–water partition coefficient (Wildman–Crippen LogP) is 5.07. The molecule has 3 N–H and O–H groups in total. The minimum absolute atomic E-state index is 0.0157. The van der Waals surface area contributed by atoms with E-state index in [0.717, 1.165) is 32.2 Å². The molecule has 1 saturated carbocycles. The van der Waals surface area contributed by atoms with Crippen LogP contribution in [0.1, 0.15) is 65.9 Å². The van der Waals surface area contributed by atoms with Crippen LogP contribution in [0, 0.1) is 23.6 Å². The number of nitrogens with one attached hydrogen (secondary N) is 3. The molecule has 210 valence electrons. The third-order valence-electron chi connectivity index (χ3n) is 6.24. The highest BCUT2D eigenvalue weighted by molar-refractivity contribution is 5.85. The SMILES string of the molecule is CCCNc1nc(Nc2cccc(F)c2)ncc1C#C[C@@H]1CC[C@H](NC(=O)[C@H](C)N(C)C(=O)OC(C)(C)C)C1. The number of likely N-dealkylation sites (N-methyl/N-ethyl adjacent to an activating group) is 1. The number of anilines is 3. The summed E-state index contributed by atoms with van der Waals surface area (Å²) < 4.78 is 18.9. The van der Waals surface area contributed by atoms with Crippen LogP contribution in [0.4, 0.5) is 26.6 Å². The molecule has 3 atom stereocenters. The van der Waals surface area contributed by atoms with Crippen molar-refractivity contribution in [2.24, 2.45) is 5.92 Å². The third kappa shape index (κ3) is 9.13. The summed E-state index contributed by atoms with van der Waals surface area (Å²) in [5.41, 5.74) is 0.600. The second-order valence-corrected chi connectivity index (χ2v) is 10.8. The van der Waals surface area contributed by atoms with Gasteiger partial charge in [-0.3, -0.25) is 9.69 Å². The predicted molar refractivity (Wildman–Crippen MR) is 150 cm³/mol. The van der Waals surface area contributed by atoms with Crippen molar-refractivity contribution in [2.45, 2.75) is 78.0 Å². The molecule has 1 heterocycles. The van der Waals surface area contributed by atoms with Gasteiger partial charge in [0.2, 0.25) is 11.9 Å². The van der Waals surface area contributed by atoms with Crippen LogP contribution < -0.4 is 16.0 Å². The zero-order valence-corrected chi connectivity index (χ0v) is 23.6. The highest BCUT2D eigenvalue weighted by atomic mass is 19.1. The summed E-state index contributed by atoms with van der Waals surface area (Å²) in [5.74, 6) is 7.03. The molecule has 0 aliphatic heterocycles. The first-order chi connectivity index (χ1) is 18.4. The average molecular weight is 539 g/mol. The van der Waals surface area contributed by atoms with Crippen molar-refractivity contribution in [3.63, 3.8) is 0 Å². The minimum Gasteiger partial charge on any atom is -0.444 e. The summed E-state index contributed by atoms with van der Waals surface area (Å²) in [4.78, 5) is 35.3. The van der Waals surface area contributed by atoms with E-state index >= 15 is 0 Å². The first kappa shape index (κ1) is 29.7. The number of rotatable bonds is 8. The highest BCUT2D eigenvalue weighted by Crippen LogP contribution is 2.26. The maximum absolute atomic E-state index is 13.5. The molecule has 9 nitrogen and oxygen atoms in total. The zero-order valence-electron chi connectivity index (χ0n) is 23.6. The zero-order chi connectivity index (χ0) is 28.6. The van der Waals surface area contributed by atoms with Gasteiger partial charge in [-0.2, -0.15) is 4.98 Å². The molecule has 0 saturated heterocycles. The molecule has 2 amide bonds. The first-order valence-electron chi connectivity index (χ1n) is 13.4. The lowest BCUT2D eigenvalue weighted by Gasteiger charge is -2.28. The Bertz CT molecular complexity index is 1220. The third-order valence-corrected chi connectivity index (χ3v) is 6.24. The molecule has 0 radical (unpaired) electrons. The van der Waals surface area contributed by atoms with Crippen LogP contribution in [0.15, 0.2) is 30.5 Å². The molecule has 3 rings (SSSR count). The molecule has 2 aromatic rings. The van der Waals surface area contributed by atoms with Crippen molar-refractivity contribution >= 4 is 29.5 Å². The molecule has 1 aromatic carbocycles. The quantitative estimate of drug-likeness (QED) is 0.403. The van der Waals surface area contributed by atoms with Crippen LogP contribution >= 0.6 is 0 Å². The molecular formula is C29H39FN6O3. The van der Waals surface area contributed by atoms with Crippen LogP contribution in [0.25, 0.3) is 0 Å². The summed E-state index contributed by atoms with van der Waals surface area (Å²) >= 11 is 0. The van der Waals surface area contributed by atoms with Crippen LogP contribution in [-0.4, -0.2) is 58.1 Å². The number of nitrogens with zero attached hydrogens (tertiary/aromatic N) is 3. The van der Waals surface area contributed by atoms with E-state index in [1.807, 2.05) is 0 Å². The molecule has 1 aliphatic carbocycles. The van der Waals surface area contributed by atoms with Crippen molar-refractivity contribution < 1.29 is 18.7 Å². The average Bonchev–Trinajstić information content (AvgIpc) is 3.32. The monoisotopic (exact) mass is 538 g/mol. The van der Waals surface area contributed by atoms with Gasteiger partial charge in [-0.15, -0.1) is 0 Å². The van der Waals surface area contributed by atoms with Gasteiger partial charge in [0.1, 0.15) is 23.3 Å². The largest absolute Gasteiger partial charge is 0.444 e. The molecule has 1 fully saturated rings. The van der Waals surface area contributed by atoms with E-state index in [9.17, 15) is 14.0 Å². The fourth-order valence-electron chi connectivity index (χ4n) is 4.02. The Kier molecular flexibility index (Phi) is 10.1. The molecule has 0 bridgehead atoms. The van der Waals surface area contributed by atoms with Gasteiger partial charge >= 0.3 is 6.09 Å². The number of halogens is 1. The lowest BCUT2D eigenvalue weighted by Crippen LogP contribution is -2.49. The summed E-state index contributed by atoms with van der Waals surface area (Å²) in [6, 6.07) is 5.44. The summed E-state index contributed by atoms with van der Waals surface area (Å²) in [6.45, 7) is 9.83. The number of amides is 2. The second kappa shape index (κ2) is 13.3. The maximum atomic E-state index is 13.5. The van der Waals surface area contributed by atoms with E-state index in [-0.39, 0.29) is 23.7 Å². The van der Waals surface area contributed by atoms with E-state index in [1.54, 1.807) is 53.1 Å². The lowest BCUT2D eigenvalue weighted by molar-refractivity contribution is -0.126. The van der Waals surface area contributed by atoms with Crippen LogP contribution in [0.2, 0.25) is 0 Å². The first-order valence-corrected chi connectivity index (χ1v) is 13.4. The maximum Gasteiger partial charge on any atom is 0.410 e. The summed E-state index contributed by atoms with van der Waals surface area (Å²) in [7, 11) is 1.56. The van der Waals surface area contributed by atoms with Gasteiger partial charge in [-0.1, -0.05) is 24.8 Å². The van der Waals surface area contributed by atoms with E-state index in [4.69, 9.17) is 4.74 Å². The summed E-state index contributed by atoms with van der Waals surface area (Å²) in [5, 5.41) is 9.36. The molecule has 0 spiro atoms. The minimum atomic E-state index is -0.658. The Morgan fingerprint density at radius 2 is 2.05 bits per heavy atom. The number of carbonyl (C=O) groups is 2. The van der Waals surface area contributed by atoms with Crippen molar-refractivity contribution in [2.75, 3.05) is 24.2 Å². The fourth-order valence-corrected chi connectivity index (χ4v) is 4.02. The Labute approximate surface area is 230 Å². The number of carbonyl (C=O) groups excluding carboxylic acids is 2. The number of aromatic nitrogens is 2. The van der Waals surface area contributed by atoms with E-state index in [2.05, 4.69) is 44.7 Å². The number of hydrogen-bond donors (Lipinski definition) is 3. The highest BCUT2D eigenvalue weighted by Gasteiger charge is 2.30. The van der Waals surface area contributed by atoms with Gasteiger partial charge in [0.05, 0.1) is 11.8 Å². The van der Waals surface area contributed by atoms with Gasteiger partial charge in [-0.25, -0.2) is 14.2 Å². The van der Waals surface area contributed by atoms with Crippen molar-refractivity contribution in [1.29, 1.82) is 0 Å². The van der Waals surface area contributed by atoms with Crippen molar-refractivity contribution in [1.82, 2.24) is 20.2 Å². The molecule has 0 unspecified atom stereocenters. The van der Waals surface area contributed by atoms with Crippen LogP contribution in [-0.2, 0) is 9.53 Å². The topological polar surface area (TPSA) is 108 Å². The Morgan fingerprint density at radius 3 is 2.74 bits per heavy atom. The number of benzene rings is 1. The van der Waals surface area contributed by atoms with Crippen LogP contribution in [0.5, 0.6) is 0 Å². The van der Waals surface area contributed by atoms with Crippen molar-refractivity contribution in [3.8, 4) is 11.8 Å². The van der Waals surface area contributed by atoms with Gasteiger partial charge in [0.25, 0.3) is 0 Å². The number of ether oxygens (including phenoxy) is 1. The van der Waals surface area contributed by atoms with Gasteiger partial charge in [-0.05, 0) is 71.6 Å². The van der Waals surface area contributed by atoms with Gasteiger partial charge in [0.15, 0.2) is 0 Å². The lowest BCUT2D eigenvalue weighted by atomic mass is 10.1. The second-order valence-electron chi connectivity index (χ2n) is 10.8. The molecular weight excluding hydrogens is 499 g/mol. The smallest absolute Gasteiger partial charge is 0.410 e. The molecule has 10 heteroatoms. The summed E-state index contributed by atoms with van der Waals surface area (Å²) in [6.07, 6.45) is 4.41. The van der Waals surface area contributed by atoms with E-state index < -0.39 is 17.7 Å². The number of hydrogen-bond acceptors (Lipinski definition) is 7. The standard InChI is InChI=1S/C29H39FN6O3/c1-7-15-31-25-21(18-32-27(35-25)34-23-10-8-9-22(30)17-23)13-11-20-12-14-24(16-20)33-26(37)19(2)36(6)28(38)39-29(3,4)5/h8-10,17-20,24H,7,12,14-16H2,1-6H3,(H,33,37)(H2,31,32,34,35)/t19-,20+,24-/m0/s1. The van der Waals surface area contributed by atoms with Crippen molar-refractivity contribution in [3.05, 3.63) is 41.8 Å². The van der Waals surface area contributed by atoms with E-state index in [1.165, 1.54) is 17.0 Å². The molecule has 39 heavy (non-hydrogen) atoms. The normalized spacial score (nSPS) is 17.4. The Morgan fingerprint density at radius 1 is 1.28 bits per heavy atom. The fraction of sp³-hybridized carbons (Fsp3) is 0.517. The molecule has 1 aliphatic rings. The van der Waals surface area contributed by atoms with Gasteiger partial charge in [0, 0.05) is 31.2 Å². The van der Waals surface area contributed by atoms with E-state index in [0.29, 0.717) is 23.0 Å². The van der Waals surface area contributed by atoms with Crippen LogP contribution in [0.3, 0.4) is 0 Å². The Hall–Kier alpha value is -3.87. The Balaban J connectivity index is 1.61. The molecule has 1 aromatic heterocycles. The van der Waals surface area contributed by atoms with Gasteiger partial charge < -0.3 is 20.7 Å².